The second kappa shape index (κ2) is 7.19. The van der Waals surface area contributed by atoms with E-state index in [0.29, 0.717) is 24.1 Å². The zero-order chi connectivity index (χ0) is 15.2. The Kier molecular flexibility index (Phi) is 5.30. The van der Waals surface area contributed by atoms with Gasteiger partial charge in [-0.05, 0) is 31.0 Å². The van der Waals surface area contributed by atoms with E-state index in [1.165, 1.54) is 7.11 Å². The van der Waals surface area contributed by atoms with E-state index in [-0.39, 0.29) is 18.6 Å². The van der Waals surface area contributed by atoms with Crippen molar-refractivity contribution in [2.24, 2.45) is 0 Å². The fraction of sp³-hybridized carbons (Fsp3) is 0.467. The Morgan fingerprint density at radius 3 is 2.76 bits per heavy atom. The summed E-state index contributed by atoms with van der Waals surface area (Å²) in [7, 11) is 1.32. The average molecular weight is 292 g/mol. The summed E-state index contributed by atoms with van der Waals surface area (Å²) in [6.07, 6.45) is 1.15. The van der Waals surface area contributed by atoms with E-state index in [0.717, 1.165) is 13.1 Å². The van der Waals surface area contributed by atoms with E-state index >= 15 is 0 Å². The largest absolute Gasteiger partial charge is 0.465 e. The first-order valence-electron chi connectivity index (χ1n) is 6.97. The highest BCUT2D eigenvalue weighted by atomic mass is 16.5. The van der Waals surface area contributed by atoms with Crippen LogP contribution in [0.3, 0.4) is 0 Å². The molecule has 1 aromatic rings. The van der Waals surface area contributed by atoms with E-state index in [1.807, 2.05) is 4.90 Å². The summed E-state index contributed by atoms with van der Waals surface area (Å²) in [5.74, 6) is -0.565. The van der Waals surface area contributed by atoms with Crippen LogP contribution >= 0.6 is 0 Å². The van der Waals surface area contributed by atoms with Gasteiger partial charge in [0.1, 0.15) is 0 Å². The van der Waals surface area contributed by atoms with Gasteiger partial charge in [-0.2, -0.15) is 0 Å². The van der Waals surface area contributed by atoms with Gasteiger partial charge in [0.25, 0.3) is 0 Å². The van der Waals surface area contributed by atoms with E-state index < -0.39 is 5.97 Å². The van der Waals surface area contributed by atoms with Crippen LogP contribution < -0.4 is 5.32 Å². The Morgan fingerprint density at radius 2 is 2.10 bits per heavy atom. The Balaban J connectivity index is 1.89. The maximum absolute atomic E-state index is 12.0. The number of piperidine rings is 1. The Bertz CT molecular complexity index is 510. The van der Waals surface area contributed by atoms with Gasteiger partial charge in [-0.1, -0.05) is 6.07 Å². The smallest absolute Gasteiger partial charge is 0.337 e. The third-order valence-corrected chi connectivity index (χ3v) is 3.49. The maximum Gasteiger partial charge on any atom is 0.337 e. The molecule has 1 aliphatic heterocycles. The summed E-state index contributed by atoms with van der Waals surface area (Å²) in [4.78, 5) is 25.4. The number of benzene rings is 1. The zero-order valence-corrected chi connectivity index (χ0v) is 12.0. The number of methoxy groups -OCH3 is 1. The Morgan fingerprint density at radius 1 is 1.38 bits per heavy atom. The van der Waals surface area contributed by atoms with Crippen LogP contribution in [-0.2, 0) is 9.53 Å². The van der Waals surface area contributed by atoms with Gasteiger partial charge in [0.15, 0.2) is 0 Å². The molecule has 1 fully saturated rings. The predicted molar refractivity (Wildman–Crippen MR) is 78.1 cm³/mol. The van der Waals surface area contributed by atoms with Gasteiger partial charge in [0, 0.05) is 18.8 Å². The lowest BCUT2D eigenvalue weighted by molar-refractivity contribution is -0.117. The number of esters is 1. The van der Waals surface area contributed by atoms with Gasteiger partial charge in [0.2, 0.25) is 5.91 Å². The average Bonchev–Trinajstić information content (AvgIpc) is 2.49. The molecule has 0 saturated carbocycles. The molecule has 21 heavy (non-hydrogen) atoms. The van der Waals surface area contributed by atoms with Gasteiger partial charge in [-0.15, -0.1) is 0 Å². The third-order valence-electron chi connectivity index (χ3n) is 3.49. The van der Waals surface area contributed by atoms with Crippen molar-refractivity contribution in [2.75, 3.05) is 32.1 Å². The van der Waals surface area contributed by atoms with Gasteiger partial charge in [-0.25, -0.2) is 4.79 Å². The molecule has 0 aromatic heterocycles. The third kappa shape index (κ3) is 4.54. The number of anilines is 1. The summed E-state index contributed by atoms with van der Waals surface area (Å²) in [5.41, 5.74) is 0.969. The quantitative estimate of drug-likeness (QED) is 0.805. The van der Waals surface area contributed by atoms with Crippen LogP contribution in [0.25, 0.3) is 0 Å². The van der Waals surface area contributed by atoms with Crippen molar-refractivity contribution in [2.45, 2.75) is 18.9 Å². The number of rotatable bonds is 4. The van der Waals surface area contributed by atoms with Crippen LogP contribution in [0.2, 0.25) is 0 Å². The van der Waals surface area contributed by atoms with E-state index in [2.05, 4.69) is 10.1 Å². The Hall–Kier alpha value is -1.92. The van der Waals surface area contributed by atoms with Crippen LogP contribution in [0.5, 0.6) is 0 Å². The van der Waals surface area contributed by atoms with Gasteiger partial charge < -0.3 is 15.2 Å². The standard InChI is InChI=1S/C15H20N2O4/c1-21-15(20)11-3-2-4-12(9-11)16-14(19)10-17-7-5-13(18)6-8-17/h2-4,9,13,18H,5-8,10H2,1H3,(H,16,19). The summed E-state index contributed by atoms with van der Waals surface area (Å²) in [6.45, 7) is 1.72. The van der Waals surface area contributed by atoms with E-state index in [4.69, 9.17) is 0 Å². The highest BCUT2D eigenvalue weighted by Crippen LogP contribution is 2.13. The molecule has 2 rings (SSSR count). The molecule has 2 N–H and O–H groups in total. The van der Waals surface area contributed by atoms with E-state index in [9.17, 15) is 14.7 Å². The van der Waals surface area contributed by atoms with Gasteiger partial charge in [0.05, 0.1) is 25.3 Å². The van der Waals surface area contributed by atoms with Crippen molar-refractivity contribution < 1.29 is 19.4 Å². The summed E-state index contributed by atoms with van der Waals surface area (Å²) in [6, 6.07) is 6.64. The lowest BCUT2D eigenvalue weighted by Crippen LogP contribution is -2.40. The fourth-order valence-corrected chi connectivity index (χ4v) is 2.32. The number of carbonyl (C=O) groups is 2. The first kappa shape index (κ1) is 15.5. The van der Waals surface area contributed by atoms with Gasteiger partial charge >= 0.3 is 5.97 Å². The lowest BCUT2D eigenvalue weighted by Gasteiger charge is -2.28. The number of aliphatic hydroxyl groups excluding tert-OH is 1. The number of nitrogens with zero attached hydrogens (tertiary/aromatic N) is 1. The summed E-state index contributed by atoms with van der Waals surface area (Å²) >= 11 is 0. The number of amides is 1. The molecule has 0 unspecified atom stereocenters. The van der Waals surface area contributed by atoms with Crippen LogP contribution in [0.15, 0.2) is 24.3 Å². The number of ether oxygens (including phenoxy) is 1. The molecule has 1 saturated heterocycles. The normalized spacial score (nSPS) is 16.5. The van der Waals surface area contributed by atoms with Crippen LogP contribution in [-0.4, -0.2) is 54.7 Å². The first-order chi connectivity index (χ1) is 10.1. The van der Waals surface area contributed by atoms with E-state index in [1.54, 1.807) is 24.3 Å². The van der Waals surface area contributed by atoms with Crippen LogP contribution in [0, 0.1) is 0 Å². The second-order valence-electron chi connectivity index (χ2n) is 5.13. The molecule has 0 atom stereocenters. The molecular formula is C15H20N2O4. The number of nitrogens with one attached hydrogen (secondary N) is 1. The minimum atomic E-state index is -0.434. The number of hydrogen-bond donors (Lipinski definition) is 2. The molecule has 114 valence electrons. The fourth-order valence-electron chi connectivity index (χ4n) is 2.32. The minimum Gasteiger partial charge on any atom is -0.465 e. The monoisotopic (exact) mass is 292 g/mol. The molecule has 0 spiro atoms. The maximum atomic E-state index is 12.0. The topological polar surface area (TPSA) is 78.9 Å². The second-order valence-corrected chi connectivity index (χ2v) is 5.13. The molecule has 1 heterocycles. The SMILES string of the molecule is COC(=O)c1cccc(NC(=O)CN2CCC(O)CC2)c1. The lowest BCUT2D eigenvalue weighted by atomic mass is 10.1. The van der Waals surface area contributed by atoms with Crippen molar-refractivity contribution in [1.82, 2.24) is 4.90 Å². The predicted octanol–water partition coefficient (Wildman–Crippen LogP) is 0.868. The van der Waals surface area contributed by atoms with Crippen molar-refractivity contribution in [3.63, 3.8) is 0 Å². The molecule has 1 aliphatic rings. The van der Waals surface area contributed by atoms with Crippen LogP contribution in [0.1, 0.15) is 23.2 Å². The first-order valence-corrected chi connectivity index (χ1v) is 6.97. The molecule has 0 radical (unpaired) electrons. The molecule has 6 nitrogen and oxygen atoms in total. The number of hydrogen-bond acceptors (Lipinski definition) is 5. The van der Waals surface area contributed by atoms with Crippen molar-refractivity contribution in [3.05, 3.63) is 29.8 Å². The molecule has 6 heteroatoms. The Labute approximate surface area is 123 Å². The highest BCUT2D eigenvalue weighted by Gasteiger charge is 2.19. The van der Waals surface area contributed by atoms with Crippen LogP contribution in [0.4, 0.5) is 5.69 Å². The number of likely N-dealkylation sites (tertiary alicyclic amines) is 1. The highest BCUT2D eigenvalue weighted by molar-refractivity contribution is 5.95. The molecule has 0 aliphatic carbocycles. The summed E-state index contributed by atoms with van der Waals surface area (Å²) in [5, 5.41) is 12.2. The van der Waals surface area contributed by atoms with Crippen molar-refractivity contribution in [3.8, 4) is 0 Å². The van der Waals surface area contributed by atoms with Crippen molar-refractivity contribution in [1.29, 1.82) is 0 Å². The van der Waals surface area contributed by atoms with Gasteiger partial charge in [-0.3, -0.25) is 9.69 Å². The number of aliphatic hydroxyl groups is 1. The molecule has 0 bridgehead atoms. The zero-order valence-electron chi connectivity index (χ0n) is 12.0. The minimum absolute atomic E-state index is 0.131. The summed E-state index contributed by atoms with van der Waals surface area (Å²) < 4.78 is 4.64. The molecule has 1 aromatic carbocycles. The number of carbonyl (C=O) groups excluding carboxylic acids is 2. The molecule has 1 amide bonds. The van der Waals surface area contributed by atoms with Crippen molar-refractivity contribution >= 4 is 17.6 Å². The molecular weight excluding hydrogens is 272 g/mol.